The highest BCUT2D eigenvalue weighted by molar-refractivity contribution is 5.44. The summed E-state index contributed by atoms with van der Waals surface area (Å²) in [7, 11) is 0. The molecule has 0 amide bonds. The third-order valence-electron chi connectivity index (χ3n) is 6.21. The van der Waals surface area contributed by atoms with Crippen LogP contribution in [0.5, 0.6) is 34.5 Å². The highest BCUT2D eigenvalue weighted by Gasteiger charge is 2.01. The lowest BCUT2D eigenvalue weighted by Gasteiger charge is -2.09. The lowest BCUT2D eigenvalue weighted by atomic mass is 10.1. The Kier molecular flexibility index (Phi) is 10.8. The SMILES string of the molecule is Nc1ccc(Oc2ccc(OCCCCCCCCCOc3ccc(Oc4ccc(N)cc4)cc3)cc2)cc1. The van der Waals surface area contributed by atoms with E-state index in [1.807, 2.05) is 97.1 Å². The molecule has 0 aliphatic heterocycles. The predicted molar refractivity (Wildman–Crippen MR) is 158 cm³/mol. The van der Waals surface area contributed by atoms with Crippen LogP contribution in [-0.2, 0) is 0 Å². The van der Waals surface area contributed by atoms with Crippen LogP contribution in [0.4, 0.5) is 11.4 Å². The molecule has 0 bridgehead atoms. The van der Waals surface area contributed by atoms with Gasteiger partial charge in [0, 0.05) is 11.4 Å². The van der Waals surface area contributed by atoms with E-state index < -0.39 is 0 Å². The Morgan fingerprint density at radius 3 is 0.923 bits per heavy atom. The number of anilines is 2. The first-order chi connectivity index (χ1) is 19.1. The molecule has 0 saturated heterocycles. The van der Waals surface area contributed by atoms with E-state index in [0.717, 1.165) is 71.9 Å². The zero-order valence-corrected chi connectivity index (χ0v) is 22.4. The van der Waals surface area contributed by atoms with Crippen LogP contribution in [0.3, 0.4) is 0 Å². The van der Waals surface area contributed by atoms with Gasteiger partial charge in [-0.15, -0.1) is 0 Å². The van der Waals surface area contributed by atoms with E-state index in [2.05, 4.69) is 0 Å². The van der Waals surface area contributed by atoms with E-state index in [-0.39, 0.29) is 0 Å². The van der Waals surface area contributed by atoms with Gasteiger partial charge < -0.3 is 30.4 Å². The van der Waals surface area contributed by atoms with Gasteiger partial charge in [0.25, 0.3) is 0 Å². The van der Waals surface area contributed by atoms with E-state index in [1.54, 1.807) is 0 Å². The summed E-state index contributed by atoms with van der Waals surface area (Å²) < 4.78 is 23.4. The Labute approximate surface area is 231 Å². The normalized spacial score (nSPS) is 10.7. The van der Waals surface area contributed by atoms with Gasteiger partial charge in [0.15, 0.2) is 0 Å². The van der Waals surface area contributed by atoms with Gasteiger partial charge in [-0.1, -0.05) is 32.1 Å². The minimum atomic E-state index is 0.720. The van der Waals surface area contributed by atoms with Gasteiger partial charge in [0.2, 0.25) is 0 Å². The Hall–Kier alpha value is -4.32. The number of unbranched alkanes of at least 4 members (excludes halogenated alkanes) is 6. The first-order valence-electron chi connectivity index (χ1n) is 13.7. The van der Waals surface area contributed by atoms with Crippen molar-refractivity contribution in [3.8, 4) is 34.5 Å². The lowest BCUT2D eigenvalue weighted by molar-refractivity contribution is 0.299. The van der Waals surface area contributed by atoms with E-state index in [1.165, 1.54) is 32.1 Å². The van der Waals surface area contributed by atoms with Crippen molar-refractivity contribution in [3.05, 3.63) is 97.1 Å². The first-order valence-corrected chi connectivity index (χ1v) is 13.7. The topological polar surface area (TPSA) is 89.0 Å². The van der Waals surface area contributed by atoms with Gasteiger partial charge >= 0.3 is 0 Å². The average Bonchev–Trinajstić information content (AvgIpc) is 2.96. The van der Waals surface area contributed by atoms with Crippen LogP contribution < -0.4 is 30.4 Å². The number of nitrogens with two attached hydrogens (primary N) is 2. The molecular weight excluding hydrogens is 488 g/mol. The second-order valence-corrected chi connectivity index (χ2v) is 9.46. The number of benzene rings is 4. The van der Waals surface area contributed by atoms with Gasteiger partial charge in [-0.2, -0.15) is 0 Å². The number of hydrogen-bond donors (Lipinski definition) is 2. The zero-order chi connectivity index (χ0) is 27.1. The van der Waals surface area contributed by atoms with Crippen molar-refractivity contribution in [2.24, 2.45) is 0 Å². The molecule has 4 N–H and O–H groups in total. The van der Waals surface area contributed by atoms with Crippen molar-refractivity contribution in [1.29, 1.82) is 0 Å². The van der Waals surface area contributed by atoms with Gasteiger partial charge in [-0.05, 0) is 110 Å². The van der Waals surface area contributed by atoms with Crippen LogP contribution in [-0.4, -0.2) is 13.2 Å². The molecule has 0 spiro atoms. The summed E-state index contributed by atoms with van der Waals surface area (Å²) in [6, 6.07) is 30.2. The monoisotopic (exact) mass is 526 g/mol. The van der Waals surface area contributed by atoms with Crippen LogP contribution in [0, 0.1) is 0 Å². The molecule has 0 heterocycles. The van der Waals surface area contributed by atoms with Crippen molar-refractivity contribution in [2.45, 2.75) is 44.9 Å². The molecule has 39 heavy (non-hydrogen) atoms. The average molecular weight is 527 g/mol. The predicted octanol–water partition coefficient (Wildman–Crippen LogP) is 8.62. The van der Waals surface area contributed by atoms with E-state index >= 15 is 0 Å². The van der Waals surface area contributed by atoms with E-state index in [4.69, 9.17) is 30.4 Å². The summed E-state index contributed by atoms with van der Waals surface area (Å²) in [5.74, 6) is 4.80. The smallest absolute Gasteiger partial charge is 0.127 e. The molecule has 0 aliphatic carbocycles. The maximum Gasteiger partial charge on any atom is 0.127 e. The third-order valence-corrected chi connectivity index (χ3v) is 6.21. The Morgan fingerprint density at radius 2 is 0.590 bits per heavy atom. The highest BCUT2D eigenvalue weighted by atomic mass is 16.5. The summed E-state index contributed by atoms with van der Waals surface area (Å²) in [5.41, 5.74) is 12.9. The molecule has 0 atom stereocenters. The highest BCUT2D eigenvalue weighted by Crippen LogP contribution is 2.26. The molecule has 0 aromatic heterocycles. The molecule has 4 rings (SSSR count). The second kappa shape index (κ2) is 15.2. The number of rotatable bonds is 16. The van der Waals surface area contributed by atoms with Crippen molar-refractivity contribution in [2.75, 3.05) is 24.7 Å². The van der Waals surface area contributed by atoms with E-state index in [0.29, 0.717) is 0 Å². The second-order valence-electron chi connectivity index (χ2n) is 9.46. The van der Waals surface area contributed by atoms with Crippen molar-refractivity contribution < 1.29 is 18.9 Å². The summed E-state index contributed by atoms with van der Waals surface area (Å²) in [6.45, 7) is 1.46. The fourth-order valence-corrected chi connectivity index (χ4v) is 4.02. The molecule has 0 aliphatic rings. The van der Waals surface area contributed by atoms with Gasteiger partial charge in [0.1, 0.15) is 34.5 Å². The van der Waals surface area contributed by atoms with Gasteiger partial charge in [-0.25, -0.2) is 0 Å². The molecule has 4 aromatic carbocycles. The molecule has 204 valence electrons. The number of nitrogen functional groups attached to an aromatic ring is 2. The fraction of sp³-hybridized carbons (Fsp3) is 0.273. The third kappa shape index (κ3) is 10.2. The van der Waals surface area contributed by atoms with Gasteiger partial charge in [0.05, 0.1) is 13.2 Å². The number of ether oxygens (including phenoxy) is 4. The van der Waals surface area contributed by atoms with Crippen LogP contribution in [0.1, 0.15) is 44.9 Å². The number of hydrogen-bond acceptors (Lipinski definition) is 6. The molecule has 6 nitrogen and oxygen atoms in total. The largest absolute Gasteiger partial charge is 0.494 e. The lowest BCUT2D eigenvalue weighted by Crippen LogP contribution is -1.98. The van der Waals surface area contributed by atoms with Crippen LogP contribution in [0.25, 0.3) is 0 Å². The summed E-state index contributed by atoms with van der Waals surface area (Å²) >= 11 is 0. The molecule has 0 fully saturated rings. The van der Waals surface area contributed by atoms with E-state index in [9.17, 15) is 0 Å². The minimum absolute atomic E-state index is 0.720. The van der Waals surface area contributed by atoms with Crippen molar-refractivity contribution in [1.82, 2.24) is 0 Å². The van der Waals surface area contributed by atoms with Crippen LogP contribution >= 0.6 is 0 Å². The van der Waals surface area contributed by atoms with Gasteiger partial charge in [-0.3, -0.25) is 0 Å². The quantitative estimate of drug-likeness (QED) is 0.112. The first kappa shape index (κ1) is 27.7. The standard InChI is InChI=1S/C33H38N2O4/c34-26-8-12-30(13-9-26)38-32-20-16-28(17-21-32)36-24-6-4-2-1-3-5-7-25-37-29-18-22-33(23-19-29)39-31-14-10-27(35)11-15-31/h8-23H,1-7,24-25,34-35H2. The van der Waals surface area contributed by atoms with Crippen molar-refractivity contribution in [3.63, 3.8) is 0 Å². The molecule has 0 radical (unpaired) electrons. The Bertz CT molecular complexity index is 1130. The maximum atomic E-state index is 5.87. The molecule has 0 saturated carbocycles. The van der Waals surface area contributed by atoms with Crippen LogP contribution in [0.2, 0.25) is 0 Å². The van der Waals surface area contributed by atoms with Crippen molar-refractivity contribution >= 4 is 11.4 Å². The zero-order valence-electron chi connectivity index (χ0n) is 22.4. The molecule has 6 heteroatoms. The summed E-state index contributed by atoms with van der Waals surface area (Å²) in [5, 5.41) is 0. The fourth-order valence-electron chi connectivity index (χ4n) is 4.02. The molecule has 0 unspecified atom stereocenters. The Morgan fingerprint density at radius 1 is 0.333 bits per heavy atom. The summed E-state index contributed by atoms with van der Waals surface area (Å²) in [6.07, 6.45) is 8.19. The minimum Gasteiger partial charge on any atom is -0.494 e. The van der Waals surface area contributed by atoms with Crippen LogP contribution in [0.15, 0.2) is 97.1 Å². The maximum absolute atomic E-state index is 5.87. The molecule has 4 aromatic rings. The summed E-state index contributed by atoms with van der Waals surface area (Å²) in [4.78, 5) is 0. The molecular formula is C33H38N2O4. The Balaban J connectivity index is 0.980.